The summed E-state index contributed by atoms with van der Waals surface area (Å²) in [4.78, 5) is 19.3. The first-order valence-corrected chi connectivity index (χ1v) is 7.88. The molecule has 152 valence electrons. The Morgan fingerprint density at radius 3 is 2.48 bits per heavy atom. The van der Waals surface area contributed by atoms with Crippen LogP contribution in [0.1, 0.15) is 6.92 Å². The Balaban J connectivity index is 2.29. The van der Waals surface area contributed by atoms with E-state index in [-0.39, 0.29) is 11.3 Å². The van der Waals surface area contributed by atoms with Crippen LogP contribution in [-0.4, -0.2) is 32.5 Å². The molecule has 0 saturated heterocycles. The number of nitrogens with zero attached hydrogens (tertiary/aromatic N) is 4. The maximum Gasteiger partial charge on any atom is 0.422 e. The van der Waals surface area contributed by atoms with Crippen LogP contribution in [0.5, 0.6) is 6.01 Å². The van der Waals surface area contributed by atoms with E-state index in [1.165, 1.54) is 6.07 Å². The molecule has 0 spiro atoms. The van der Waals surface area contributed by atoms with Crippen molar-refractivity contribution in [2.75, 3.05) is 6.61 Å². The predicted molar refractivity (Wildman–Crippen MR) is 92.9 cm³/mol. The maximum absolute atomic E-state index is 13.9. The van der Waals surface area contributed by atoms with Crippen LogP contribution < -0.4 is 10.3 Å². The largest absolute Gasteiger partial charge is 0.454 e. The van der Waals surface area contributed by atoms with Gasteiger partial charge in [-0.2, -0.15) is 18.3 Å². The minimum Gasteiger partial charge on any atom is -0.454 e. The van der Waals surface area contributed by atoms with Crippen molar-refractivity contribution in [1.29, 1.82) is 0 Å². The van der Waals surface area contributed by atoms with Gasteiger partial charge in [-0.3, -0.25) is 4.79 Å². The number of aromatic nitrogens is 4. The van der Waals surface area contributed by atoms with Gasteiger partial charge in [0.1, 0.15) is 11.7 Å². The molecule has 0 saturated carbocycles. The number of ether oxygens (including phenoxy) is 1. The van der Waals surface area contributed by atoms with Crippen molar-refractivity contribution in [1.82, 2.24) is 19.7 Å². The molecule has 0 radical (unpaired) electrons. The van der Waals surface area contributed by atoms with Crippen LogP contribution in [0.3, 0.4) is 0 Å². The van der Waals surface area contributed by atoms with Gasteiger partial charge in [-0.25, -0.2) is 23.4 Å². The Morgan fingerprint density at radius 2 is 1.93 bits per heavy atom. The molecule has 29 heavy (non-hydrogen) atoms. The van der Waals surface area contributed by atoms with Crippen LogP contribution in [0.2, 0.25) is 0 Å². The van der Waals surface area contributed by atoms with E-state index in [9.17, 15) is 26.7 Å². The van der Waals surface area contributed by atoms with Crippen molar-refractivity contribution >= 4 is 0 Å². The number of hydrogen-bond acceptors (Lipinski definition) is 5. The van der Waals surface area contributed by atoms with E-state index in [1.807, 2.05) is 5.92 Å². The van der Waals surface area contributed by atoms with E-state index in [0.717, 1.165) is 30.1 Å². The Kier molecular flexibility index (Phi) is 6.82. The summed E-state index contributed by atoms with van der Waals surface area (Å²) in [5, 5.41) is 3.98. The molecule has 0 bridgehead atoms. The predicted octanol–water partition coefficient (Wildman–Crippen LogP) is 3.37. The summed E-state index contributed by atoms with van der Waals surface area (Å²) in [7, 11) is 0. The fourth-order valence-electron chi connectivity index (χ4n) is 2.04. The van der Waals surface area contributed by atoms with E-state index >= 15 is 0 Å². The zero-order valence-electron chi connectivity index (χ0n) is 14.9. The monoisotopic (exact) mass is 412 g/mol. The summed E-state index contributed by atoms with van der Waals surface area (Å²) >= 11 is 0. The Morgan fingerprint density at radius 1 is 1.28 bits per heavy atom. The molecule has 0 aliphatic carbocycles. The summed E-state index contributed by atoms with van der Waals surface area (Å²) in [6, 6.07) is 1.90. The van der Waals surface area contributed by atoms with Crippen LogP contribution in [0.15, 0.2) is 52.6 Å². The number of alkyl halides is 3. The highest BCUT2D eigenvalue weighted by Gasteiger charge is 2.28. The van der Waals surface area contributed by atoms with Gasteiger partial charge in [-0.15, -0.1) is 6.42 Å². The highest BCUT2D eigenvalue weighted by Crippen LogP contribution is 2.20. The molecular formula is C18H13F5N4O2. The third kappa shape index (κ3) is 6.24. The molecule has 0 unspecified atom stereocenters. The molecular weight excluding hydrogens is 399 g/mol. The molecule has 0 atom stereocenters. The lowest BCUT2D eigenvalue weighted by molar-refractivity contribution is -0.154. The minimum atomic E-state index is -4.54. The zero-order chi connectivity index (χ0) is 21.6. The van der Waals surface area contributed by atoms with Crippen LogP contribution >= 0.6 is 0 Å². The van der Waals surface area contributed by atoms with Gasteiger partial charge in [0.15, 0.2) is 6.61 Å². The minimum absolute atomic E-state index is 0.143. The summed E-state index contributed by atoms with van der Waals surface area (Å²) in [6.45, 7) is -1.09. The van der Waals surface area contributed by atoms with Crippen molar-refractivity contribution in [3.8, 4) is 29.6 Å². The average molecular weight is 412 g/mol. The van der Waals surface area contributed by atoms with Gasteiger partial charge in [0.2, 0.25) is 0 Å². The smallest absolute Gasteiger partial charge is 0.422 e. The molecule has 2 aromatic rings. The Hall–Kier alpha value is -3.55. The van der Waals surface area contributed by atoms with Gasteiger partial charge in [0.25, 0.3) is 5.56 Å². The summed E-state index contributed by atoms with van der Waals surface area (Å²) in [5.74, 6) is 0.00762. The van der Waals surface area contributed by atoms with E-state index in [1.54, 1.807) is 0 Å². The number of halogens is 5. The molecule has 2 heterocycles. The van der Waals surface area contributed by atoms with Crippen LogP contribution in [0.25, 0.3) is 11.3 Å². The first-order chi connectivity index (χ1) is 13.6. The van der Waals surface area contributed by atoms with Gasteiger partial charge in [-0.1, -0.05) is 5.92 Å². The van der Waals surface area contributed by atoms with Crippen molar-refractivity contribution in [3.63, 3.8) is 0 Å². The lowest BCUT2D eigenvalue weighted by atomic mass is 10.2. The molecule has 0 fully saturated rings. The highest BCUT2D eigenvalue weighted by molar-refractivity contribution is 5.55. The van der Waals surface area contributed by atoms with Gasteiger partial charge >= 0.3 is 12.2 Å². The Labute approximate surface area is 161 Å². The number of terminal acetylenes is 1. The number of allylic oxidation sites excluding steroid dienone is 4. The fourth-order valence-corrected chi connectivity index (χ4v) is 2.04. The number of hydrogen-bond donors (Lipinski definition) is 0. The second-order valence-electron chi connectivity index (χ2n) is 5.54. The molecule has 0 aliphatic heterocycles. The van der Waals surface area contributed by atoms with Gasteiger partial charge in [0, 0.05) is 35.7 Å². The lowest BCUT2D eigenvalue weighted by Gasteiger charge is -2.10. The van der Waals surface area contributed by atoms with Crippen molar-refractivity contribution in [3.05, 3.63) is 58.2 Å². The second-order valence-corrected chi connectivity index (χ2v) is 5.54. The average Bonchev–Trinajstić information content (AvgIpc) is 2.65. The van der Waals surface area contributed by atoms with Crippen LogP contribution in [-0.2, 0) is 6.54 Å². The summed E-state index contributed by atoms with van der Waals surface area (Å²) in [6.07, 6.45) is 3.40. The first-order valence-electron chi connectivity index (χ1n) is 7.88. The standard InChI is InChI=1S/C18H13F5N4O2/c1-3-4-14(20)13(11(2)19)9-27-16(28)6-5-15(26-27)12-7-24-17(25-8-12)29-10-18(21,22)23/h1,4-8H,9-10H2,2H3/b13-11+,14-4+. The molecule has 0 amide bonds. The fraction of sp³-hybridized carbons (Fsp3) is 0.222. The number of rotatable bonds is 6. The molecule has 2 rings (SSSR count). The quantitative estimate of drug-likeness (QED) is 0.413. The van der Waals surface area contributed by atoms with Crippen LogP contribution in [0.4, 0.5) is 22.0 Å². The van der Waals surface area contributed by atoms with E-state index in [0.29, 0.717) is 6.08 Å². The normalized spacial score (nSPS) is 12.9. The summed E-state index contributed by atoms with van der Waals surface area (Å²) < 4.78 is 69.2. The maximum atomic E-state index is 13.9. The topological polar surface area (TPSA) is 69.9 Å². The second kappa shape index (κ2) is 9.09. The molecule has 6 nitrogen and oxygen atoms in total. The lowest BCUT2D eigenvalue weighted by Crippen LogP contribution is -2.23. The van der Waals surface area contributed by atoms with Crippen molar-refractivity contribution < 1.29 is 26.7 Å². The molecule has 0 aromatic carbocycles. The van der Waals surface area contributed by atoms with Gasteiger partial charge in [0.05, 0.1) is 12.2 Å². The molecule has 0 N–H and O–H groups in total. The molecule has 0 aliphatic rings. The van der Waals surface area contributed by atoms with Crippen LogP contribution in [0, 0.1) is 12.3 Å². The van der Waals surface area contributed by atoms with Crippen molar-refractivity contribution in [2.45, 2.75) is 19.6 Å². The Bertz CT molecular complexity index is 1030. The molecule has 11 heteroatoms. The van der Waals surface area contributed by atoms with E-state index in [4.69, 9.17) is 6.42 Å². The summed E-state index contributed by atoms with van der Waals surface area (Å²) in [5.41, 5.74) is -0.724. The first kappa shape index (κ1) is 21.7. The van der Waals surface area contributed by atoms with Gasteiger partial charge < -0.3 is 4.74 Å². The van der Waals surface area contributed by atoms with E-state index in [2.05, 4.69) is 19.8 Å². The zero-order valence-corrected chi connectivity index (χ0v) is 14.9. The van der Waals surface area contributed by atoms with E-state index < -0.39 is 48.1 Å². The highest BCUT2D eigenvalue weighted by atomic mass is 19.4. The molecule has 2 aromatic heterocycles. The van der Waals surface area contributed by atoms with Gasteiger partial charge in [-0.05, 0) is 13.0 Å². The third-order valence-electron chi connectivity index (χ3n) is 3.38. The van der Waals surface area contributed by atoms with Crippen molar-refractivity contribution in [2.24, 2.45) is 0 Å². The SMILES string of the molecule is C#C/C=C(F)\C(Cn1nc(-c2cnc(OCC(F)(F)F)nc2)ccc1=O)=C(/C)F. The third-order valence-corrected chi connectivity index (χ3v) is 3.38.